The zero-order valence-corrected chi connectivity index (χ0v) is 13.9. The summed E-state index contributed by atoms with van der Waals surface area (Å²) in [4.78, 5) is 4.03. The molecule has 21 heavy (non-hydrogen) atoms. The zero-order valence-electron chi connectivity index (χ0n) is 13.2. The molecule has 2 rings (SSSR count). The molecule has 1 aromatic heterocycles. The fourth-order valence-electron chi connectivity index (χ4n) is 3.23. The second-order valence-electron chi connectivity index (χ2n) is 6.82. The van der Waals surface area contributed by atoms with Crippen molar-refractivity contribution in [2.45, 2.75) is 57.6 Å². The number of methoxy groups -OCH3 is 1. The second kappa shape index (κ2) is 6.61. The highest BCUT2D eigenvalue weighted by Gasteiger charge is 2.44. The number of hydrogen-bond acceptors (Lipinski definition) is 4. The van der Waals surface area contributed by atoms with Gasteiger partial charge in [0.2, 0.25) is 0 Å². The highest BCUT2D eigenvalue weighted by Crippen LogP contribution is 2.44. The van der Waals surface area contributed by atoms with E-state index in [0.29, 0.717) is 10.4 Å². The predicted octanol–water partition coefficient (Wildman–Crippen LogP) is 3.09. The Labute approximate surface area is 132 Å². The third-order valence-corrected chi connectivity index (χ3v) is 5.31. The maximum absolute atomic E-state index is 6.23. The van der Waals surface area contributed by atoms with Gasteiger partial charge in [0.05, 0.1) is 16.7 Å². The molecule has 1 heterocycles. The molecule has 1 aliphatic carbocycles. The summed E-state index contributed by atoms with van der Waals surface area (Å²) in [7, 11) is 1.79. The van der Waals surface area contributed by atoms with Gasteiger partial charge in [-0.15, -0.1) is 0 Å². The van der Waals surface area contributed by atoms with Gasteiger partial charge in [-0.1, -0.05) is 25.4 Å². The number of aromatic nitrogens is 1. The number of nitrogens with two attached hydrogens (primary N) is 1. The van der Waals surface area contributed by atoms with Crippen LogP contribution in [0.15, 0.2) is 18.5 Å². The van der Waals surface area contributed by atoms with Gasteiger partial charge in [-0.05, 0) is 49.1 Å². The lowest BCUT2D eigenvalue weighted by Crippen LogP contribution is -2.57. The van der Waals surface area contributed by atoms with E-state index >= 15 is 0 Å². The average Bonchev–Trinajstić information content (AvgIpc) is 2.47. The Morgan fingerprint density at radius 1 is 1.38 bits per heavy atom. The summed E-state index contributed by atoms with van der Waals surface area (Å²) >= 11 is 6.23. The quantitative estimate of drug-likeness (QED) is 0.648. The molecule has 0 amide bonds. The van der Waals surface area contributed by atoms with E-state index in [-0.39, 0.29) is 11.6 Å². The van der Waals surface area contributed by atoms with Crippen molar-refractivity contribution in [3.05, 3.63) is 29.0 Å². The average molecular weight is 312 g/mol. The highest BCUT2D eigenvalue weighted by atomic mass is 35.5. The van der Waals surface area contributed by atoms with E-state index in [4.69, 9.17) is 22.2 Å². The van der Waals surface area contributed by atoms with Gasteiger partial charge in [0.1, 0.15) is 0 Å². The number of nitrogens with one attached hydrogen (secondary N) is 1. The van der Waals surface area contributed by atoms with Crippen molar-refractivity contribution in [1.29, 1.82) is 0 Å². The van der Waals surface area contributed by atoms with Gasteiger partial charge in [-0.3, -0.25) is 16.3 Å². The Morgan fingerprint density at radius 3 is 2.57 bits per heavy atom. The maximum Gasteiger partial charge on any atom is 0.0848 e. The van der Waals surface area contributed by atoms with Gasteiger partial charge in [-0.2, -0.15) is 0 Å². The van der Waals surface area contributed by atoms with E-state index < -0.39 is 0 Å². The lowest BCUT2D eigenvalue weighted by Gasteiger charge is -2.47. The molecule has 0 aromatic carbocycles. The van der Waals surface area contributed by atoms with Gasteiger partial charge in [-0.25, -0.2) is 0 Å². The van der Waals surface area contributed by atoms with Crippen LogP contribution in [0.5, 0.6) is 0 Å². The molecule has 118 valence electrons. The van der Waals surface area contributed by atoms with Crippen molar-refractivity contribution in [2.75, 3.05) is 7.11 Å². The molecule has 1 atom stereocenters. The molecule has 5 heteroatoms. The van der Waals surface area contributed by atoms with E-state index in [2.05, 4.69) is 24.3 Å². The van der Waals surface area contributed by atoms with Crippen molar-refractivity contribution in [3.8, 4) is 0 Å². The normalized spacial score (nSPS) is 22.0. The fourth-order valence-corrected chi connectivity index (χ4v) is 3.43. The first-order chi connectivity index (χ1) is 9.92. The molecule has 0 aliphatic heterocycles. The largest absolute Gasteiger partial charge is 0.377 e. The number of halogens is 1. The van der Waals surface area contributed by atoms with Gasteiger partial charge in [0.15, 0.2) is 0 Å². The van der Waals surface area contributed by atoms with Crippen LogP contribution in [-0.4, -0.2) is 23.7 Å². The SMILES string of the molecule is COC1(C(Cc2ccncc2Cl)NN)CCC(C)(C)CC1. The van der Waals surface area contributed by atoms with Crippen molar-refractivity contribution < 1.29 is 4.74 Å². The summed E-state index contributed by atoms with van der Waals surface area (Å²) in [6.45, 7) is 4.63. The topological polar surface area (TPSA) is 60.2 Å². The van der Waals surface area contributed by atoms with Crippen molar-refractivity contribution >= 4 is 11.6 Å². The molecule has 1 saturated carbocycles. The number of hydrogen-bond donors (Lipinski definition) is 2. The van der Waals surface area contributed by atoms with Crippen LogP contribution in [-0.2, 0) is 11.2 Å². The number of ether oxygens (including phenoxy) is 1. The van der Waals surface area contributed by atoms with E-state index in [1.54, 1.807) is 19.5 Å². The standard InChI is InChI=1S/C16H26ClN3O/c1-15(2)5-7-16(21-3,8-6-15)14(20-18)10-12-4-9-19-11-13(12)17/h4,9,11,14,20H,5-8,10,18H2,1-3H3. The van der Waals surface area contributed by atoms with Gasteiger partial charge in [0.25, 0.3) is 0 Å². The Morgan fingerprint density at radius 2 is 2.05 bits per heavy atom. The van der Waals surface area contributed by atoms with E-state index in [1.165, 1.54) is 0 Å². The van der Waals surface area contributed by atoms with Crippen molar-refractivity contribution in [3.63, 3.8) is 0 Å². The summed E-state index contributed by atoms with van der Waals surface area (Å²) in [5, 5.41) is 0.681. The Hall–Kier alpha value is -0.680. The molecule has 0 radical (unpaired) electrons. The van der Waals surface area contributed by atoms with E-state index in [9.17, 15) is 0 Å². The minimum Gasteiger partial charge on any atom is -0.377 e. The molecule has 1 fully saturated rings. The number of rotatable bonds is 5. The van der Waals surface area contributed by atoms with Crippen LogP contribution in [0.2, 0.25) is 5.02 Å². The lowest BCUT2D eigenvalue weighted by molar-refractivity contribution is -0.0862. The van der Waals surface area contributed by atoms with Crippen molar-refractivity contribution in [1.82, 2.24) is 10.4 Å². The minimum absolute atomic E-state index is 0.0403. The maximum atomic E-state index is 6.23. The first-order valence-corrected chi connectivity index (χ1v) is 7.90. The Kier molecular flexibility index (Phi) is 5.25. The van der Waals surface area contributed by atoms with Crippen LogP contribution in [0.1, 0.15) is 45.1 Å². The van der Waals surface area contributed by atoms with Crippen LogP contribution in [0, 0.1) is 5.41 Å². The fraction of sp³-hybridized carbons (Fsp3) is 0.688. The zero-order chi connectivity index (χ0) is 15.5. The molecular formula is C16H26ClN3O. The lowest BCUT2D eigenvalue weighted by atomic mass is 9.67. The Balaban J connectivity index is 2.17. The minimum atomic E-state index is -0.225. The smallest absolute Gasteiger partial charge is 0.0848 e. The molecule has 0 spiro atoms. The van der Waals surface area contributed by atoms with Crippen LogP contribution in [0.25, 0.3) is 0 Å². The monoisotopic (exact) mass is 311 g/mol. The van der Waals surface area contributed by atoms with Crippen LogP contribution < -0.4 is 11.3 Å². The Bertz CT molecular complexity index is 468. The van der Waals surface area contributed by atoms with Gasteiger partial charge >= 0.3 is 0 Å². The molecule has 0 bridgehead atoms. The van der Waals surface area contributed by atoms with Gasteiger partial charge in [0, 0.05) is 19.5 Å². The van der Waals surface area contributed by atoms with Crippen LogP contribution in [0.4, 0.5) is 0 Å². The van der Waals surface area contributed by atoms with Crippen LogP contribution >= 0.6 is 11.6 Å². The first kappa shape index (κ1) is 16.7. The highest BCUT2D eigenvalue weighted by molar-refractivity contribution is 6.31. The first-order valence-electron chi connectivity index (χ1n) is 7.52. The molecule has 4 nitrogen and oxygen atoms in total. The van der Waals surface area contributed by atoms with Gasteiger partial charge < -0.3 is 4.74 Å². The van der Waals surface area contributed by atoms with Crippen LogP contribution in [0.3, 0.4) is 0 Å². The summed E-state index contributed by atoms with van der Waals surface area (Å²) in [6, 6.07) is 1.99. The molecular weight excluding hydrogens is 286 g/mol. The molecule has 1 unspecified atom stereocenters. The number of hydrazine groups is 1. The van der Waals surface area contributed by atoms with E-state index in [0.717, 1.165) is 37.7 Å². The molecule has 0 saturated heterocycles. The van der Waals surface area contributed by atoms with Crippen molar-refractivity contribution in [2.24, 2.45) is 11.3 Å². The predicted molar refractivity (Wildman–Crippen MR) is 86.1 cm³/mol. The summed E-state index contributed by atoms with van der Waals surface area (Å²) in [5.74, 6) is 5.84. The van der Waals surface area contributed by atoms with E-state index in [1.807, 2.05) is 6.07 Å². The molecule has 3 N–H and O–H groups in total. The number of nitrogens with zero attached hydrogens (tertiary/aromatic N) is 1. The molecule has 1 aromatic rings. The second-order valence-corrected chi connectivity index (χ2v) is 7.23. The molecule has 1 aliphatic rings. The third-order valence-electron chi connectivity index (χ3n) is 4.97. The summed E-state index contributed by atoms with van der Waals surface area (Å²) in [6.07, 6.45) is 8.48. The summed E-state index contributed by atoms with van der Waals surface area (Å²) < 4.78 is 5.94. The number of pyridine rings is 1. The third kappa shape index (κ3) is 3.75. The summed E-state index contributed by atoms with van der Waals surface area (Å²) in [5.41, 5.74) is 4.17.